The smallest absolute Gasteiger partial charge is 0.251 e. The number of carbonyl (C=O) groups excluding carboxylic acids is 2. The highest BCUT2D eigenvalue weighted by Gasteiger charge is 2.43. The van der Waals surface area contributed by atoms with Crippen molar-refractivity contribution in [3.63, 3.8) is 0 Å². The molecule has 0 bridgehead atoms. The van der Waals surface area contributed by atoms with Gasteiger partial charge < -0.3 is 9.84 Å². The number of hydrogen-bond donors (Lipinski definition) is 1. The predicted molar refractivity (Wildman–Crippen MR) is 80.7 cm³/mol. The van der Waals surface area contributed by atoms with Gasteiger partial charge in [0.25, 0.3) is 5.91 Å². The summed E-state index contributed by atoms with van der Waals surface area (Å²) in [5, 5.41) is 9.57. The Morgan fingerprint density at radius 2 is 1.77 bits per heavy atom. The summed E-state index contributed by atoms with van der Waals surface area (Å²) in [5.41, 5.74) is 0.579. The number of piperidine rings is 1. The van der Waals surface area contributed by atoms with Gasteiger partial charge in [-0.2, -0.15) is 0 Å². The van der Waals surface area contributed by atoms with E-state index in [9.17, 15) is 14.7 Å². The lowest BCUT2D eigenvalue weighted by atomic mass is 10.1. The van der Waals surface area contributed by atoms with Crippen molar-refractivity contribution >= 4 is 17.5 Å². The molecule has 0 spiro atoms. The van der Waals surface area contributed by atoms with E-state index in [4.69, 9.17) is 4.74 Å². The molecular weight excluding hydrogens is 284 g/mol. The zero-order valence-corrected chi connectivity index (χ0v) is 12.6. The van der Waals surface area contributed by atoms with Crippen molar-refractivity contribution < 1.29 is 19.4 Å². The maximum Gasteiger partial charge on any atom is 0.251 e. The number of amides is 2. The second-order valence-electron chi connectivity index (χ2n) is 5.75. The van der Waals surface area contributed by atoms with Crippen LogP contribution in [-0.4, -0.2) is 54.2 Å². The molecule has 0 radical (unpaired) electrons. The lowest BCUT2D eigenvalue weighted by Crippen LogP contribution is -2.46. The fourth-order valence-electron chi connectivity index (χ4n) is 3.10. The summed E-state index contributed by atoms with van der Waals surface area (Å²) in [6.45, 7) is 1.31. The Morgan fingerprint density at radius 3 is 2.36 bits per heavy atom. The number of aliphatic hydroxyl groups excluding tert-OH is 1. The van der Waals surface area contributed by atoms with Gasteiger partial charge in [0.15, 0.2) is 0 Å². The summed E-state index contributed by atoms with van der Waals surface area (Å²) in [5.74, 6) is 0.335. The van der Waals surface area contributed by atoms with Gasteiger partial charge in [-0.05, 0) is 37.1 Å². The monoisotopic (exact) mass is 304 g/mol. The molecule has 22 heavy (non-hydrogen) atoms. The second-order valence-corrected chi connectivity index (χ2v) is 5.75. The highest BCUT2D eigenvalue weighted by molar-refractivity contribution is 6.22. The summed E-state index contributed by atoms with van der Waals surface area (Å²) in [7, 11) is 1.57. The number of hydrogen-bond acceptors (Lipinski definition) is 5. The number of methoxy groups -OCH3 is 1. The van der Waals surface area contributed by atoms with Gasteiger partial charge in [0.1, 0.15) is 5.75 Å². The largest absolute Gasteiger partial charge is 0.497 e. The minimum atomic E-state index is -0.401. The van der Waals surface area contributed by atoms with Gasteiger partial charge in [-0.1, -0.05) is 0 Å². The van der Waals surface area contributed by atoms with Crippen molar-refractivity contribution in [2.75, 3.05) is 25.1 Å². The molecule has 2 heterocycles. The summed E-state index contributed by atoms with van der Waals surface area (Å²) in [4.78, 5) is 28.1. The standard InChI is InChI=1S/C16H20N2O4/c1-22-13-4-2-11(3-5-13)18-15(20)10-14(16(18)21)17-8-6-12(19)7-9-17/h2-5,12,14,19H,6-10H2,1H3. The van der Waals surface area contributed by atoms with Crippen molar-refractivity contribution in [2.45, 2.75) is 31.4 Å². The van der Waals surface area contributed by atoms with Gasteiger partial charge in [0, 0.05) is 13.1 Å². The third-order valence-corrected chi connectivity index (χ3v) is 4.39. The van der Waals surface area contributed by atoms with E-state index in [0.717, 1.165) is 0 Å². The van der Waals surface area contributed by atoms with E-state index in [2.05, 4.69) is 0 Å². The van der Waals surface area contributed by atoms with E-state index < -0.39 is 6.04 Å². The van der Waals surface area contributed by atoms with Crippen LogP contribution in [0.1, 0.15) is 19.3 Å². The number of nitrogens with zero attached hydrogens (tertiary/aromatic N) is 2. The number of benzene rings is 1. The van der Waals surface area contributed by atoms with E-state index in [0.29, 0.717) is 37.4 Å². The Labute approximate surface area is 129 Å². The van der Waals surface area contributed by atoms with Gasteiger partial charge in [-0.25, -0.2) is 4.90 Å². The molecule has 1 unspecified atom stereocenters. The fourth-order valence-corrected chi connectivity index (χ4v) is 3.10. The topological polar surface area (TPSA) is 70.1 Å². The van der Waals surface area contributed by atoms with Crippen molar-refractivity contribution in [2.24, 2.45) is 0 Å². The fraction of sp³-hybridized carbons (Fsp3) is 0.500. The number of aliphatic hydroxyl groups is 1. The van der Waals surface area contributed by atoms with Crippen LogP contribution in [0.25, 0.3) is 0 Å². The molecule has 0 aliphatic carbocycles. The first-order chi connectivity index (χ1) is 10.6. The summed E-state index contributed by atoms with van der Waals surface area (Å²) >= 11 is 0. The molecule has 2 amide bonds. The minimum absolute atomic E-state index is 0.174. The summed E-state index contributed by atoms with van der Waals surface area (Å²) in [6, 6.07) is 6.51. The van der Waals surface area contributed by atoms with E-state index in [1.54, 1.807) is 31.4 Å². The summed E-state index contributed by atoms with van der Waals surface area (Å²) in [6.07, 6.45) is 1.23. The second kappa shape index (κ2) is 6.06. The third-order valence-electron chi connectivity index (χ3n) is 4.39. The van der Waals surface area contributed by atoms with E-state index >= 15 is 0 Å². The molecule has 0 aromatic heterocycles. The molecule has 1 atom stereocenters. The van der Waals surface area contributed by atoms with E-state index in [1.165, 1.54) is 4.90 Å². The molecule has 2 saturated heterocycles. The van der Waals surface area contributed by atoms with Crippen LogP contribution < -0.4 is 9.64 Å². The Hall–Kier alpha value is -1.92. The van der Waals surface area contributed by atoms with Crippen LogP contribution in [0.15, 0.2) is 24.3 Å². The van der Waals surface area contributed by atoms with Crippen LogP contribution in [0.5, 0.6) is 5.75 Å². The lowest BCUT2D eigenvalue weighted by Gasteiger charge is -2.32. The molecule has 3 rings (SSSR count). The van der Waals surface area contributed by atoms with E-state index in [-0.39, 0.29) is 24.3 Å². The number of anilines is 1. The van der Waals surface area contributed by atoms with Gasteiger partial charge in [0.2, 0.25) is 5.91 Å². The lowest BCUT2D eigenvalue weighted by molar-refractivity contribution is -0.123. The highest BCUT2D eigenvalue weighted by atomic mass is 16.5. The Kier molecular flexibility index (Phi) is 4.13. The molecule has 1 aromatic carbocycles. The van der Waals surface area contributed by atoms with Gasteiger partial charge in [-0.3, -0.25) is 14.5 Å². The van der Waals surface area contributed by atoms with Crippen molar-refractivity contribution in [1.82, 2.24) is 4.90 Å². The van der Waals surface area contributed by atoms with E-state index in [1.807, 2.05) is 4.90 Å². The molecule has 6 heteroatoms. The van der Waals surface area contributed by atoms with Crippen LogP contribution in [0.4, 0.5) is 5.69 Å². The SMILES string of the molecule is COc1ccc(N2C(=O)CC(N3CCC(O)CC3)C2=O)cc1. The number of rotatable bonds is 3. The van der Waals surface area contributed by atoms with Crippen molar-refractivity contribution in [3.8, 4) is 5.75 Å². The van der Waals surface area contributed by atoms with Gasteiger partial charge in [-0.15, -0.1) is 0 Å². The number of ether oxygens (including phenoxy) is 1. The third kappa shape index (κ3) is 2.71. The first-order valence-electron chi connectivity index (χ1n) is 7.53. The maximum absolute atomic E-state index is 12.6. The quantitative estimate of drug-likeness (QED) is 0.836. The predicted octanol–water partition coefficient (Wildman–Crippen LogP) is 0.784. The Bertz CT molecular complexity index is 564. The summed E-state index contributed by atoms with van der Waals surface area (Å²) < 4.78 is 5.09. The average Bonchev–Trinajstić information content (AvgIpc) is 2.83. The molecular formula is C16H20N2O4. The van der Waals surface area contributed by atoms with Crippen LogP contribution in [0, 0.1) is 0 Å². The van der Waals surface area contributed by atoms with Gasteiger partial charge >= 0.3 is 0 Å². The molecule has 2 fully saturated rings. The number of likely N-dealkylation sites (tertiary alicyclic amines) is 1. The van der Waals surface area contributed by atoms with Crippen LogP contribution >= 0.6 is 0 Å². The highest BCUT2D eigenvalue weighted by Crippen LogP contribution is 2.28. The molecule has 2 aliphatic rings. The van der Waals surface area contributed by atoms with Gasteiger partial charge in [0.05, 0.1) is 31.4 Å². The maximum atomic E-state index is 12.6. The molecule has 118 valence electrons. The normalized spacial score (nSPS) is 24.1. The van der Waals surface area contributed by atoms with Crippen LogP contribution in [-0.2, 0) is 9.59 Å². The van der Waals surface area contributed by atoms with Crippen LogP contribution in [0.3, 0.4) is 0 Å². The first kappa shape index (κ1) is 15.0. The minimum Gasteiger partial charge on any atom is -0.497 e. The number of carbonyl (C=O) groups is 2. The zero-order valence-electron chi connectivity index (χ0n) is 12.6. The Morgan fingerprint density at radius 1 is 1.14 bits per heavy atom. The van der Waals surface area contributed by atoms with Crippen LogP contribution in [0.2, 0.25) is 0 Å². The molecule has 6 nitrogen and oxygen atoms in total. The Balaban J connectivity index is 1.76. The van der Waals surface area contributed by atoms with Crippen molar-refractivity contribution in [1.29, 1.82) is 0 Å². The molecule has 0 saturated carbocycles. The van der Waals surface area contributed by atoms with Crippen molar-refractivity contribution in [3.05, 3.63) is 24.3 Å². The molecule has 1 N–H and O–H groups in total. The first-order valence-corrected chi connectivity index (χ1v) is 7.53. The zero-order chi connectivity index (χ0) is 15.7. The average molecular weight is 304 g/mol. The molecule has 2 aliphatic heterocycles. The number of imide groups is 1. The molecule has 1 aromatic rings.